The van der Waals surface area contributed by atoms with Gasteiger partial charge in [-0.25, -0.2) is 14.5 Å². The van der Waals surface area contributed by atoms with Crippen LogP contribution < -0.4 is 15.8 Å². The minimum Gasteiger partial charge on any atom is -0.475 e. The number of nitrogens with one attached hydrogen (secondary N) is 1. The number of rotatable bonds is 6. The van der Waals surface area contributed by atoms with Crippen molar-refractivity contribution in [3.63, 3.8) is 0 Å². The maximum absolute atomic E-state index is 13.1. The Morgan fingerprint density at radius 1 is 1.21 bits per heavy atom. The van der Waals surface area contributed by atoms with E-state index >= 15 is 0 Å². The predicted octanol–water partition coefficient (Wildman–Crippen LogP) is 1.33. The van der Waals surface area contributed by atoms with Gasteiger partial charge in [0.25, 0.3) is 5.56 Å². The van der Waals surface area contributed by atoms with Gasteiger partial charge in [-0.15, -0.1) is 0 Å². The SMILES string of the molecule is COCCn1ncc2nc(N3CCNCC3)n(Cc3ccccc3)c2c1=O.O=C(O)C(F)(F)F. The van der Waals surface area contributed by atoms with E-state index in [0.717, 1.165) is 37.7 Å². The number of alkyl halides is 3. The van der Waals surface area contributed by atoms with Gasteiger partial charge in [0.15, 0.2) is 0 Å². The summed E-state index contributed by atoms with van der Waals surface area (Å²) in [6.07, 6.45) is -3.40. The van der Waals surface area contributed by atoms with Crippen LogP contribution >= 0.6 is 0 Å². The van der Waals surface area contributed by atoms with Crippen molar-refractivity contribution in [3.8, 4) is 0 Å². The van der Waals surface area contributed by atoms with Gasteiger partial charge in [-0.1, -0.05) is 30.3 Å². The highest BCUT2D eigenvalue weighted by Crippen LogP contribution is 2.22. The number of ether oxygens (including phenoxy) is 1. The molecule has 3 aromatic rings. The summed E-state index contributed by atoms with van der Waals surface area (Å²) in [7, 11) is 1.62. The van der Waals surface area contributed by atoms with Crippen LogP contribution in [0.25, 0.3) is 11.0 Å². The summed E-state index contributed by atoms with van der Waals surface area (Å²) in [4.78, 5) is 29.0. The van der Waals surface area contributed by atoms with Gasteiger partial charge in [0.2, 0.25) is 5.95 Å². The van der Waals surface area contributed by atoms with Crippen LogP contribution in [-0.2, 0) is 22.6 Å². The van der Waals surface area contributed by atoms with Crippen molar-refractivity contribution in [3.05, 3.63) is 52.4 Å². The summed E-state index contributed by atoms with van der Waals surface area (Å²) in [6.45, 7) is 5.00. The molecule has 2 aromatic heterocycles. The van der Waals surface area contributed by atoms with Crippen molar-refractivity contribution in [1.82, 2.24) is 24.6 Å². The van der Waals surface area contributed by atoms with Crippen molar-refractivity contribution >= 4 is 23.0 Å². The second-order valence-electron chi connectivity index (χ2n) is 7.42. The molecular formula is C21H25F3N6O4. The molecule has 34 heavy (non-hydrogen) atoms. The van der Waals surface area contributed by atoms with E-state index in [1.807, 2.05) is 22.8 Å². The van der Waals surface area contributed by atoms with Crippen LogP contribution in [0.3, 0.4) is 0 Å². The standard InChI is InChI=1S/C19H24N6O2.C2HF3O2/c1-27-12-11-25-18(26)17-16(13-21-25)22-19(23-9-7-20-8-10-23)24(17)14-15-5-3-2-4-6-15;3-2(4,5)1(6)7/h2-6,13,20H,7-12,14H2,1H3;(H,6,7). The van der Waals surface area contributed by atoms with Gasteiger partial charge >= 0.3 is 12.1 Å². The third kappa shape index (κ3) is 6.11. The van der Waals surface area contributed by atoms with Crippen LogP contribution in [0, 0.1) is 0 Å². The van der Waals surface area contributed by atoms with E-state index in [0.29, 0.717) is 30.7 Å². The molecule has 0 spiro atoms. The number of carboxylic acid groups (broad SMARTS) is 1. The van der Waals surface area contributed by atoms with Gasteiger partial charge in [-0.2, -0.15) is 18.3 Å². The van der Waals surface area contributed by atoms with Gasteiger partial charge in [-0.3, -0.25) is 4.79 Å². The minimum absolute atomic E-state index is 0.130. The summed E-state index contributed by atoms with van der Waals surface area (Å²) in [5, 5.41) is 14.8. The average molecular weight is 482 g/mol. The molecule has 3 heterocycles. The van der Waals surface area contributed by atoms with E-state index in [-0.39, 0.29) is 5.56 Å². The molecule has 1 aliphatic rings. The molecule has 0 atom stereocenters. The van der Waals surface area contributed by atoms with Gasteiger partial charge in [0.05, 0.1) is 25.9 Å². The summed E-state index contributed by atoms with van der Waals surface area (Å²) >= 11 is 0. The first-order chi connectivity index (χ1) is 16.2. The van der Waals surface area contributed by atoms with Crippen LogP contribution in [-0.4, -0.2) is 76.5 Å². The molecule has 13 heteroatoms. The fourth-order valence-electron chi connectivity index (χ4n) is 3.43. The highest BCUT2D eigenvalue weighted by molar-refractivity contribution is 5.77. The Kier molecular flexibility index (Phi) is 8.23. The van der Waals surface area contributed by atoms with Crippen LogP contribution in [0.1, 0.15) is 5.56 Å². The number of hydrogen-bond donors (Lipinski definition) is 2. The van der Waals surface area contributed by atoms with Gasteiger partial charge < -0.3 is 24.6 Å². The number of carboxylic acids is 1. The summed E-state index contributed by atoms with van der Waals surface area (Å²) in [6, 6.07) is 10.2. The van der Waals surface area contributed by atoms with Crippen molar-refractivity contribution in [2.45, 2.75) is 19.3 Å². The number of halogens is 3. The molecule has 0 aliphatic carbocycles. The Labute approximate surface area is 192 Å². The summed E-state index contributed by atoms with van der Waals surface area (Å²) in [5.74, 6) is -1.92. The van der Waals surface area contributed by atoms with Crippen LogP contribution in [0.4, 0.5) is 19.1 Å². The smallest absolute Gasteiger partial charge is 0.475 e. The van der Waals surface area contributed by atoms with Gasteiger partial charge in [-0.05, 0) is 5.56 Å². The van der Waals surface area contributed by atoms with Crippen molar-refractivity contribution in [1.29, 1.82) is 0 Å². The lowest BCUT2D eigenvalue weighted by Gasteiger charge is -2.28. The van der Waals surface area contributed by atoms with Crippen molar-refractivity contribution < 1.29 is 27.8 Å². The minimum atomic E-state index is -5.08. The number of nitrogens with zero attached hydrogens (tertiary/aromatic N) is 5. The lowest BCUT2D eigenvalue weighted by Crippen LogP contribution is -2.44. The Balaban J connectivity index is 0.000000406. The first-order valence-electron chi connectivity index (χ1n) is 10.5. The molecule has 0 saturated carbocycles. The first kappa shape index (κ1) is 25.2. The highest BCUT2D eigenvalue weighted by Gasteiger charge is 2.38. The predicted molar refractivity (Wildman–Crippen MR) is 118 cm³/mol. The Hall–Kier alpha value is -3.45. The quantitative estimate of drug-likeness (QED) is 0.541. The number of aromatic nitrogens is 4. The molecule has 1 aromatic carbocycles. The van der Waals surface area contributed by atoms with Gasteiger partial charge in [0.1, 0.15) is 11.0 Å². The number of hydrogen-bond acceptors (Lipinski definition) is 7. The lowest BCUT2D eigenvalue weighted by molar-refractivity contribution is -0.192. The van der Waals surface area contributed by atoms with Crippen molar-refractivity contribution in [2.75, 3.05) is 44.8 Å². The zero-order valence-corrected chi connectivity index (χ0v) is 18.5. The van der Waals surface area contributed by atoms with E-state index in [9.17, 15) is 18.0 Å². The number of fused-ring (bicyclic) bond motifs is 1. The molecule has 184 valence electrons. The first-order valence-corrected chi connectivity index (χ1v) is 10.5. The maximum Gasteiger partial charge on any atom is 0.490 e. The molecule has 10 nitrogen and oxygen atoms in total. The Morgan fingerprint density at radius 2 is 1.85 bits per heavy atom. The highest BCUT2D eigenvalue weighted by atomic mass is 19.4. The largest absolute Gasteiger partial charge is 0.490 e. The summed E-state index contributed by atoms with van der Waals surface area (Å²) < 4.78 is 40.3. The Morgan fingerprint density at radius 3 is 2.44 bits per heavy atom. The molecule has 1 fully saturated rings. The lowest BCUT2D eigenvalue weighted by atomic mass is 10.2. The molecule has 1 aliphatic heterocycles. The van der Waals surface area contributed by atoms with E-state index < -0.39 is 12.1 Å². The molecule has 0 unspecified atom stereocenters. The number of anilines is 1. The van der Waals surface area contributed by atoms with Crippen LogP contribution in [0.2, 0.25) is 0 Å². The second-order valence-corrected chi connectivity index (χ2v) is 7.42. The van der Waals surface area contributed by atoms with Crippen LogP contribution in [0.5, 0.6) is 0 Å². The fourth-order valence-corrected chi connectivity index (χ4v) is 3.43. The second kappa shape index (κ2) is 11.1. The molecular weight excluding hydrogens is 457 g/mol. The zero-order chi connectivity index (χ0) is 24.7. The van der Waals surface area contributed by atoms with E-state index in [2.05, 4.69) is 27.4 Å². The zero-order valence-electron chi connectivity index (χ0n) is 18.5. The number of carbonyl (C=O) groups is 1. The third-order valence-electron chi connectivity index (χ3n) is 5.06. The molecule has 4 rings (SSSR count). The molecule has 0 radical (unpaired) electrons. The number of piperazine rings is 1. The average Bonchev–Trinajstić information content (AvgIpc) is 3.19. The number of aliphatic carboxylic acids is 1. The Bertz CT molecular complexity index is 1160. The van der Waals surface area contributed by atoms with E-state index in [4.69, 9.17) is 19.6 Å². The fraction of sp³-hybridized carbons (Fsp3) is 0.429. The molecule has 2 N–H and O–H groups in total. The molecule has 1 saturated heterocycles. The topological polar surface area (TPSA) is 115 Å². The normalized spacial score (nSPS) is 14.1. The van der Waals surface area contributed by atoms with E-state index in [1.165, 1.54) is 4.68 Å². The monoisotopic (exact) mass is 482 g/mol. The number of imidazole rings is 1. The number of benzene rings is 1. The molecule has 0 bridgehead atoms. The molecule has 0 amide bonds. The third-order valence-corrected chi connectivity index (χ3v) is 5.06. The van der Waals surface area contributed by atoms with Crippen LogP contribution in [0.15, 0.2) is 41.3 Å². The number of methoxy groups -OCH3 is 1. The van der Waals surface area contributed by atoms with Crippen molar-refractivity contribution in [2.24, 2.45) is 0 Å². The summed E-state index contributed by atoms with van der Waals surface area (Å²) in [5.41, 5.74) is 2.24. The van der Waals surface area contributed by atoms with Gasteiger partial charge in [0, 0.05) is 33.3 Å². The maximum atomic E-state index is 13.1. The van der Waals surface area contributed by atoms with E-state index in [1.54, 1.807) is 13.3 Å².